The standard InChI is InChI=1S/C13H13N5/c14-12-1-2-13(10-4-5-15-8-11(10)12)16-7-9-3-6-17-18-9/h1-6,8,16H,7,14H2,(H,17,18). The van der Waals surface area contributed by atoms with Crippen LogP contribution in [-0.2, 0) is 6.54 Å². The molecule has 0 bridgehead atoms. The first-order chi connectivity index (χ1) is 8.84. The summed E-state index contributed by atoms with van der Waals surface area (Å²) < 4.78 is 0. The van der Waals surface area contributed by atoms with Gasteiger partial charge in [-0.2, -0.15) is 5.10 Å². The minimum Gasteiger partial charge on any atom is -0.398 e. The summed E-state index contributed by atoms with van der Waals surface area (Å²) in [6.45, 7) is 0.696. The van der Waals surface area contributed by atoms with Crippen molar-refractivity contribution >= 4 is 22.1 Å². The maximum absolute atomic E-state index is 5.93. The zero-order valence-corrected chi connectivity index (χ0v) is 9.72. The average molecular weight is 239 g/mol. The molecule has 90 valence electrons. The molecule has 0 unspecified atom stereocenters. The van der Waals surface area contributed by atoms with E-state index in [4.69, 9.17) is 5.73 Å². The van der Waals surface area contributed by atoms with E-state index in [9.17, 15) is 0 Å². The van der Waals surface area contributed by atoms with Gasteiger partial charge in [-0.3, -0.25) is 10.1 Å². The van der Waals surface area contributed by atoms with Crippen LogP contribution in [0.1, 0.15) is 5.69 Å². The smallest absolute Gasteiger partial charge is 0.0567 e. The molecule has 4 N–H and O–H groups in total. The van der Waals surface area contributed by atoms with Crippen LogP contribution in [-0.4, -0.2) is 15.2 Å². The molecule has 0 spiro atoms. The number of nitrogen functional groups attached to an aromatic ring is 1. The van der Waals surface area contributed by atoms with E-state index in [-0.39, 0.29) is 0 Å². The molecule has 0 aliphatic heterocycles. The van der Waals surface area contributed by atoms with Gasteiger partial charge < -0.3 is 11.1 Å². The molecule has 5 heteroatoms. The number of aromatic amines is 1. The Balaban J connectivity index is 1.94. The molecule has 0 fully saturated rings. The first-order valence-corrected chi connectivity index (χ1v) is 5.69. The van der Waals surface area contributed by atoms with Crippen molar-refractivity contribution in [3.8, 4) is 0 Å². The maximum Gasteiger partial charge on any atom is 0.0567 e. The lowest BCUT2D eigenvalue weighted by Gasteiger charge is -2.10. The van der Waals surface area contributed by atoms with Gasteiger partial charge in [-0.25, -0.2) is 0 Å². The minimum absolute atomic E-state index is 0.696. The van der Waals surface area contributed by atoms with Gasteiger partial charge in [-0.15, -0.1) is 0 Å². The highest BCUT2D eigenvalue weighted by atomic mass is 15.1. The van der Waals surface area contributed by atoms with Crippen LogP contribution < -0.4 is 11.1 Å². The Morgan fingerprint density at radius 2 is 2.06 bits per heavy atom. The Bertz CT molecular complexity index is 660. The highest BCUT2D eigenvalue weighted by molar-refractivity contribution is 6.00. The highest BCUT2D eigenvalue weighted by Crippen LogP contribution is 2.27. The number of fused-ring (bicyclic) bond motifs is 1. The molecule has 0 saturated carbocycles. The van der Waals surface area contributed by atoms with Gasteiger partial charge in [0.1, 0.15) is 0 Å². The van der Waals surface area contributed by atoms with Crippen molar-refractivity contribution in [1.29, 1.82) is 0 Å². The SMILES string of the molecule is Nc1ccc(NCc2ccn[nH]2)c2ccncc12. The molecule has 1 aromatic carbocycles. The number of aromatic nitrogens is 3. The third-order valence-electron chi connectivity index (χ3n) is 2.88. The van der Waals surface area contributed by atoms with Crippen molar-refractivity contribution in [1.82, 2.24) is 15.2 Å². The number of nitrogens with two attached hydrogens (primary N) is 1. The van der Waals surface area contributed by atoms with E-state index in [0.717, 1.165) is 27.8 Å². The number of hydrogen-bond donors (Lipinski definition) is 3. The molecule has 0 atom stereocenters. The fourth-order valence-electron chi connectivity index (χ4n) is 1.94. The van der Waals surface area contributed by atoms with Crippen LogP contribution in [0.15, 0.2) is 42.9 Å². The fourth-order valence-corrected chi connectivity index (χ4v) is 1.94. The van der Waals surface area contributed by atoms with Crippen LogP contribution in [0.25, 0.3) is 10.8 Å². The van der Waals surface area contributed by atoms with Gasteiger partial charge in [0.25, 0.3) is 0 Å². The third-order valence-corrected chi connectivity index (χ3v) is 2.88. The van der Waals surface area contributed by atoms with Crippen LogP contribution in [0, 0.1) is 0 Å². The van der Waals surface area contributed by atoms with Gasteiger partial charge in [-0.1, -0.05) is 0 Å². The number of nitrogens with zero attached hydrogens (tertiary/aromatic N) is 2. The Kier molecular flexibility index (Phi) is 2.57. The van der Waals surface area contributed by atoms with Crippen molar-refractivity contribution in [2.45, 2.75) is 6.54 Å². The van der Waals surface area contributed by atoms with Crippen LogP contribution in [0.2, 0.25) is 0 Å². The van der Waals surface area contributed by atoms with Crippen molar-refractivity contribution in [2.75, 3.05) is 11.1 Å². The van der Waals surface area contributed by atoms with Crippen molar-refractivity contribution in [2.24, 2.45) is 0 Å². The molecule has 0 saturated heterocycles. The molecule has 0 radical (unpaired) electrons. The normalized spacial score (nSPS) is 10.7. The summed E-state index contributed by atoms with van der Waals surface area (Å²) in [5.74, 6) is 0. The molecule has 0 amide bonds. The number of nitrogens with one attached hydrogen (secondary N) is 2. The molecule has 0 aliphatic rings. The summed E-state index contributed by atoms with van der Waals surface area (Å²) in [6.07, 6.45) is 5.29. The fraction of sp³-hybridized carbons (Fsp3) is 0.0769. The lowest BCUT2D eigenvalue weighted by molar-refractivity contribution is 0.983. The van der Waals surface area contributed by atoms with Gasteiger partial charge in [0.2, 0.25) is 0 Å². The van der Waals surface area contributed by atoms with Crippen molar-refractivity contribution < 1.29 is 0 Å². The Morgan fingerprint density at radius 3 is 2.89 bits per heavy atom. The third kappa shape index (κ3) is 1.86. The number of rotatable bonds is 3. The summed E-state index contributed by atoms with van der Waals surface area (Å²) in [5, 5.41) is 12.2. The summed E-state index contributed by atoms with van der Waals surface area (Å²) >= 11 is 0. The summed E-state index contributed by atoms with van der Waals surface area (Å²) in [5.41, 5.74) is 8.75. The van der Waals surface area contributed by atoms with Crippen LogP contribution >= 0.6 is 0 Å². The number of pyridine rings is 1. The predicted molar refractivity (Wildman–Crippen MR) is 72.1 cm³/mol. The molecular formula is C13H13N5. The number of H-pyrrole nitrogens is 1. The van der Waals surface area contributed by atoms with Gasteiger partial charge in [0.05, 0.1) is 12.2 Å². The van der Waals surface area contributed by atoms with Gasteiger partial charge in [0, 0.05) is 40.7 Å². The van der Waals surface area contributed by atoms with E-state index in [0.29, 0.717) is 6.54 Å². The lowest BCUT2D eigenvalue weighted by atomic mass is 10.1. The maximum atomic E-state index is 5.93. The molecule has 2 aromatic heterocycles. The van der Waals surface area contributed by atoms with Crippen LogP contribution in [0.4, 0.5) is 11.4 Å². The van der Waals surface area contributed by atoms with Crippen LogP contribution in [0.3, 0.4) is 0 Å². The molecule has 5 nitrogen and oxygen atoms in total. The Hall–Kier alpha value is -2.56. The Labute approximate surface area is 104 Å². The molecule has 3 aromatic rings. The monoisotopic (exact) mass is 239 g/mol. The highest BCUT2D eigenvalue weighted by Gasteiger charge is 2.04. The van der Waals surface area contributed by atoms with Gasteiger partial charge >= 0.3 is 0 Å². The first kappa shape index (κ1) is 10.6. The van der Waals surface area contributed by atoms with E-state index >= 15 is 0 Å². The largest absolute Gasteiger partial charge is 0.398 e. The van der Waals surface area contributed by atoms with E-state index in [1.54, 1.807) is 18.6 Å². The predicted octanol–water partition coefficient (Wildman–Crippen LogP) is 2.15. The average Bonchev–Trinajstić information content (AvgIpc) is 2.92. The minimum atomic E-state index is 0.696. The first-order valence-electron chi connectivity index (χ1n) is 5.69. The summed E-state index contributed by atoms with van der Waals surface area (Å²) in [4.78, 5) is 4.10. The van der Waals surface area contributed by atoms with E-state index < -0.39 is 0 Å². The molecule has 3 rings (SSSR count). The zero-order chi connectivity index (χ0) is 12.4. The number of hydrogen-bond acceptors (Lipinski definition) is 4. The van der Waals surface area contributed by atoms with Gasteiger partial charge in [-0.05, 0) is 24.3 Å². The summed E-state index contributed by atoms with van der Waals surface area (Å²) in [7, 11) is 0. The number of benzene rings is 1. The van der Waals surface area contributed by atoms with E-state index in [1.165, 1.54) is 0 Å². The zero-order valence-electron chi connectivity index (χ0n) is 9.72. The van der Waals surface area contributed by atoms with Crippen molar-refractivity contribution in [3.05, 3.63) is 48.5 Å². The molecule has 2 heterocycles. The molecule has 0 aliphatic carbocycles. The van der Waals surface area contributed by atoms with E-state index in [2.05, 4.69) is 20.5 Å². The number of anilines is 2. The van der Waals surface area contributed by atoms with E-state index in [1.807, 2.05) is 24.3 Å². The topological polar surface area (TPSA) is 79.6 Å². The van der Waals surface area contributed by atoms with Gasteiger partial charge in [0.15, 0.2) is 0 Å². The molecule has 18 heavy (non-hydrogen) atoms. The second-order valence-corrected chi connectivity index (χ2v) is 4.06. The lowest BCUT2D eigenvalue weighted by Crippen LogP contribution is -2.01. The second kappa shape index (κ2) is 4.37. The second-order valence-electron chi connectivity index (χ2n) is 4.06. The van der Waals surface area contributed by atoms with Crippen molar-refractivity contribution in [3.63, 3.8) is 0 Å². The van der Waals surface area contributed by atoms with Crippen LogP contribution in [0.5, 0.6) is 0 Å². The quantitative estimate of drug-likeness (QED) is 0.612. The summed E-state index contributed by atoms with van der Waals surface area (Å²) in [6, 6.07) is 7.77. The Morgan fingerprint density at radius 1 is 1.11 bits per heavy atom. The molecular weight excluding hydrogens is 226 g/mol.